The fourth-order valence-electron chi connectivity index (χ4n) is 3.61. The molecule has 1 amide bonds. The zero-order chi connectivity index (χ0) is 22.6. The van der Waals surface area contributed by atoms with Crippen LogP contribution in [0.1, 0.15) is 12.8 Å². The van der Waals surface area contributed by atoms with Gasteiger partial charge in [0.2, 0.25) is 0 Å². The molecular weight excluding hydrogens is 428 g/mol. The van der Waals surface area contributed by atoms with E-state index in [-0.39, 0.29) is 23.5 Å². The lowest BCUT2D eigenvalue weighted by Crippen LogP contribution is -2.35. The van der Waals surface area contributed by atoms with Gasteiger partial charge in [-0.25, -0.2) is 8.42 Å². The van der Waals surface area contributed by atoms with Gasteiger partial charge in [-0.05, 0) is 60.0 Å². The number of rotatable bonds is 8. The number of sulfonamides is 1. The number of fused-ring (bicyclic) bond motifs is 1. The normalized spacial score (nSPS) is 16.1. The maximum absolute atomic E-state index is 13.1. The molecule has 1 saturated heterocycles. The topological polar surface area (TPSA) is 84.9 Å². The zero-order valence-corrected chi connectivity index (χ0v) is 18.7. The molecule has 3 aromatic carbocycles. The van der Waals surface area contributed by atoms with Crippen LogP contribution in [-0.4, -0.2) is 47.2 Å². The number of hydrogen-bond acceptors (Lipinski definition) is 5. The minimum absolute atomic E-state index is 0.0818. The van der Waals surface area contributed by atoms with E-state index >= 15 is 0 Å². The summed E-state index contributed by atoms with van der Waals surface area (Å²) in [4.78, 5) is 12.2. The van der Waals surface area contributed by atoms with Gasteiger partial charge < -0.3 is 14.8 Å². The summed E-state index contributed by atoms with van der Waals surface area (Å²) in [5.41, 5.74) is 0.494. The lowest BCUT2D eigenvalue weighted by Gasteiger charge is -2.20. The summed E-state index contributed by atoms with van der Waals surface area (Å²) >= 11 is 0. The van der Waals surface area contributed by atoms with Crippen LogP contribution in [0, 0.1) is 0 Å². The van der Waals surface area contributed by atoms with E-state index in [1.54, 1.807) is 42.5 Å². The van der Waals surface area contributed by atoms with Gasteiger partial charge in [-0.15, -0.1) is 0 Å². The molecule has 1 fully saturated rings. The van der Waals surface area contributed by atoms with Crippen LogP contribution < -0.4 is 14.4 Å². The van der Waals surface area contributed by atoms with Gasteiger partial charge in [-0.3, -0.25) is 9.10 Å². The number of carbonyl (C=O) groups excluding carboxylic acids is 1. The van der Waals surface area contributed by atoms with E-state index in [2.05, 4.69) is 5.32 Å². The zero-order valence-electron chi connectivity index (χ0n) is 17.9. The van der Waals surface area contributed by atoms with Gasteiger partial charge in [0, 0.05) is 20.2 Å². The largest absolute Gasteiger partial charge is 0.484 e. The van der Waals surface area contributed by atoms with Crippen LogP contribution in [0.15, 0.2) is 71.6 Å². The average molecular weight is 455 g/mol. The van der Waals surface area contributed by atoms with Gasteiger partial charge in [0.15, 0.2) is 6.61 Å². The molecule has 0 aromatic heterocycles. The van der Waals surface area contributed by atoms with Crippen LogP contribution in [-0.2, 0) is 19.6 Å². The summed E-state index contributed by atoms with van der Waals surface area (Å²) in [7, 11) is -2.21. The highest BCUT2D eigenvalue weighted by atomic mass is 32.2. The fourth-order valence-corrected chi connectivity index (χ4v) is 4.84. The summed E-state index contributed by atoms with van der Waals surface area (Å²) in [6.07, 6.45) is 2.06. The van der Waals surface area contributed by atoms with Crippen molar-refractivity contribution < 1.29 is 22.7 Å². The Hall–Kier alpha value is -3.10. The third kappa shape index (κ3) is 5.03. The second-order valence-electron chi connectivity index (χ2n) is 7.70. The van der Waals surface area contributed by atoms with Crippen LogP contribution in [0.2, 0.25) is 0 Å². The predicted molar refractivity (Wildman–Crippen MR) is 123 cm³/mol. The van der Waals surface area contributed by atoms with Crippen molar-refractivity contribution in [3.63, 3.8) is 0 Å². The van der Waals surface area contributed by atoms with Crippen molar-refractivity contribution in [3.8, 4) is 5.75 Å². The first-order chi connectivity index (χ1) is 15.4. The predicted octanol–water partition coefficient (Wildman–Crippen LogP) is 3.34. The van der Waals surface area contributed by atoms with Gasteiger partial charge in [-0.1, -0.05) is 30.3 Å². The van der Waals surface area contributed by atoms with Crippen LogP contribution in [0.3, 0.4) is 0 Å². The van der Waals surface area contributed by atoms with E-state index in [0.29, 0.717) is 18.0 Å². The monoisotopic (exact) mass is 454 g/mol. The molecule has 7 nitrogen and oxygen atoms in total. The Kier molecular flexibility index (Phi) is 6.62. The minimum Gasteiger partial charge on any atom is -0.484 e. The number of benzene rings is 3. The molecule has 0 aliphatic carbocycles. The Morgan fingerprint density at radius 1 is 1.09 bits per heavy atom. The second kappa shape index (κ2) is 9.58. The van der Waals surface area contributed by atoms with E-state index in [1.165, 1.54) is 11.4 Å². The molecule has 0 unspecified atom stereocenters. The minimum atomic E-state index is -3.72. The molecule has 168 valence electrons. The Bertz CT molecular complexity index is 1190. The lowest BCUT2D eigenvalue weighted by molar-refractivity contribution is -0.123. The van der Waals surface area contributed by atoms with Gasteiger partial charge in [0.1, 0.15) is 5.75 Å². The fraction of sp³-hybridized carbons (Fsp3) is 0.292. The Morgan fingerprint density at radius 3 is 2.56 bits per heavy atom. The van der Waals surface area contributed by atoms with E-state index in [9.17, 15) is 13.2 Å². The number of anilines is 1. The molecule has 0 spiro atoms. The summed E-state index contributed by atoms with van der Waals surface area (Å²) in [5.74, 6) is 0.262. The molecule has 32 heavy (non-hydrogen) atoms. The Balaban J connectivity index is 1.37. The van der Waals surface area contributed by atoms with E-state index in [1.807, 2.05) is 24.3 Å². The third-order valence-corrected chi connectivity index (χ3v) is 7.28. The first-order valence-corrected chi connectivity index (χ1v) is 12.0. The SMILES string of the molecule is CN(c1ccc(OCC(=O)NC[C@@H]2CCCO2)cc1)S(=O)(=O)c1ccc2ccccc2c1. The molecule has 0 bridgehead atoms. The molecule has 1 aliphatic heterocycles. The van der Waals surface area contributed by atoms with Crippen LogP contribution in [0.4, 0.5) is 5.69 Å². The van der Waals surface area contributed by atoms with Gasteiger partial charge in [0.25, 0.3) is 15.9 Å². The summed E-state index contributed by atoms with van der Waals surface area (Å²) in [6.45, 7) is 1.12. The molecule has 8 heteroatoms. The first kappa shape index (κ1) is 22.1. The van der Waals surface area contributed by atoms with Crippen molar-refractivity contribution in [1.82, 2.24) is 5.32 Å². The van der Waals surface area contributed by atoms with Crippen molar-refractivity contribution >= 4 is 32.4 Å². The number of ether oxygens (including phenoxy) is 2. The van der Waals surface area contributed by atoms with Crippen LogP contribution >= 0.6 is 0 Å². The third-order valence-electron chi connectivity index (χ3n) is 5.50. The average Bonchev–Trinajstić information content (AvgIpc) is 3.34. The number of carbonyl (C=O) groups is 1. The van der Waals surface area contributed by atoms with Crippen molar-refractivity contribution in [2.24, 2.45) is 0 Å². The molecule has 1 heterocycles. The number of nitrogens with zero attached hydrogens (tertiary/aromatic N) is 1. The highest BCUT2D eigenvalue weighted by Crippen LogP contribution is 2.26. The summed E-state index contributed by atoms with van der Waals surface area (Å²) < 4.78 is 38.4. The highest BCUT2D eigenvalue weighted by molar-refractivity contribution is 7.92. The second-order valence-corrected chi connectivity index (χ2v) is 9.67. The summed E-state index contributed by atoms with van der Waals surface area (Å²) in [6, 6.07) is 19.3. The van der Waals surface area contributed by atoms with Crippen LogP contribution in [0.5, 0.6) is 5.75 Å². The van der Waals surface area contributed by atoms with E-state index in [4.69, 9.17) is 9.47 Å². The maximum atomic E-state index is 13.1. The molecule has 1 N–H and O–H groups in total. The Morgan fingerprint density at radius 2 is 1.84 bits per heavy atom. The molecule has 0 radical (unpaired) electrons. The molecule has 0 saturated carbocycles. The quantitative estimate of drug-likeness (QED) is 0.564. The summed E-state index contributed by atoms with van der Waals surface area (Å²) in [5, 5.41) is 4.64. The van der Waals surface area contributed by atoms with Gasteiger partial charge in [-0.2, -0.15) is 0 Å². The van der Waals surface area contributed by atoms with Crippen molar-refractivity contribution in [3.05, 3.63) is 66.7 Å². The van der Waals surface area contributed by atoms with Gasteiger partial charge in [0.05, 0.1) is 16.7 Å². The smallest absolute Gasteiger partial charge is 0.264 e. The molecule has 3 aromatic rings. The maximum Gasteiger partial charge on any atom is 0.264 e. The number of hydrogen-bond donors (Lipinski definition) is 1. The Labute approximate surface area is 188 Å². The highest BCUT2D eigenvalue weighted by Gasteiger charge is 2.22. The van der Waals surface area contributed by atoms with Crippen molar-refractivity contribution in [2.45, 2.75) is 23.8 Å². The number of amides is 1. The van der Waals surface area contributed by atoms with Crippen LogP contribution in [0.25, 0.3) is 10.8 Å². The molecular formula is C24H26N2O5S. The van der Waals surface area contributed by atoms with Crippen molar-refractivity contribution in [2.75, 3.05) is 31.1 Å². The number of nitrogens with one attached hydrogen (secondary N) is 1. The van der Waals surface area contributed by atoms with E-state index < -0.39 is 10.0 Å². The van der Waals surface area contributed by atoms with Crippen molar-refractivity contribution in [1.29, 1.82) is 0 Å². The lowest BCUT2D eigenvalue weighted by atomic mass is 10.1. The standard InChI is InChI=1S/C24H26N2O5S/c1-26(32(28,29)23-13-8-18-5-2-3-6-19(18)15-23)20-9-11-21(12-10-20)31-17-24(27)25-16-22-7-4-14-30-22/h2-3,5-6,8-13,15,22H,4,7,14,16-17H2,1H3,(H,25,27)/t22-/m0/s1. The molecule has 1 aliphatic rings. The molecule has 1 atom stereocenters. The van der Waals surface area contributed by atoms with E-state index in [0.717, 1.165) is 30.2 Å². The van der Waals surface area contributed by atoms with Gasteiger partial charge >= 0.3 is 0 Å². The molecule has 4 rings (SSSR count). The first-order valence-electron chi connectivity index (χ1n) is 10.5.